The molecular weight excluding hydrogens is 463 g/mol. The van der Waals surface area contributed by atoms with E-state index in [1.807, 2.05) is 30.3 Å². The molecule has 4 aromatic rings. The molecule has 1 atom stereocenters. The van der Waals surface area contributed by atoms with Crippen LogP contribution in [0.2, 0.25) is 0 Å². The van der Waals surface area contributed by atoms with E-state index in [1.165, 1.54) is 30.2 Å². The topological polar surface area (TPSA) is 101 Å². The first kappa shape index (κ1) is 23.1. The van der Waals surface area contributed by atoms with Crippen molar-refractivity contribution in [1.29, 1.82) is 0 Å². The molecule has 8 nitrogen and oxygen atoms in total. The van der Waals surface area contributed by atoms with Gasteiger partial charge in [0.2, 0.25) is 5.82 Å². The third-order valence-electron chi connectivity index (χ3n) is 6.11. The summed E-state index contributed by atoms with van der Waals surface area (Å²) in [6.45, 7) is 3.39. The van der Waals surface area contributed by atoms with Gasteiger partial charge in [0.1, 0.15) is 5.82 Å². The number of urea groups is 1. The van der Waals surface area contributed by atoms with E-state index in [0.29, 0.717) is 39.7 Å². The maximum absolute atomic E-state index is 14.0. The van der Waals surface area contributed by atoms with Gasteiger partial charge in [-0.3, -0.25) is 4.90 Å². The number of nitrogens with zero attached hydrogens (tertiary/aromatic N) is 3. The second-order valence-electron chi connectivity index (χ2n) is 8.37. The maximum Gasteiger partial charge on any atom is 0.326 e. The number of phenols is 1. The Morgan fingerprint density at radius 1 is 1.08 bits per heavy atom. The van der Waals surface area contributed by atoms with Crippen molar-refractivity contribution < 1.29 is 23.6 Å². The Labute approximate surface area is 206 Å². The van der Waals surface area contributed by atoms with E-state index in [1.54, 1.807) is 32.0 Å². The van der Waals surface area contributed by atoms with Gasteiger partial charge in [0, 0.05) is 11.3 Å². The van der Waals surface area contributed by atoms with Crippen molar-refractivity contribution >= 4 is 17.3 Å². The number of benzene rings is 3. The van der Waals surface area contributed by atoms with E-state index in [2.05, 4.69) is 15.5 Å². The molecule has 1 aromatic heterocycles. The van der Waals surface area contributed by atoms with Crippen molar-refractivity contribution in [3.8, 4) is 22.9 Å². The molecule has 3 aromatic carbocycles. The normalized spacial score (nSPS) is 15.7. The summed E-state index contributed by atoms with van der Waals surface area (Å²) in [6.07, 6.45) is 0. The summed E-state index contributed by atoms with van der Waals surface area (Å²) in [6, 6.07) is 17.6. The van der Waals surface area contributed by atoms with E-state index in [4.69, 9.17) is 9.26 Å². The summed E-state index contributed by atoms with van der Waals surface area (Å²) < 4.78 is 24.8. The number of allylic oxidation sites excluding steroid dienone is 1. The summed E-state index contributed by atoms with van der Waals surface area (Å²) in [5.41, 5.74) is 3.31. The predicted molar refractivity (Wildman–Crippen MR) is 132 cm³/mol. The molecule has 2 amide bonds. The fourth-order valence-corrected chi connectivity index (χ4v) is 4.27. The number of nitrogens with one attached hydrogen (secondary N) is 1. The van der Waals surface area contributed by atoms with Gasteiger partial charge in [0.05, 0.1) is 24.4 Å². The van der Waals surface area contributed by atoms with Crippen LogP contribution in [0.25, 0.3) is 17.0 Å². The molecule has 0 aliphatic carbocycles. The molecule has 5 rings (SSSR count). The van der Waals surface area contributed by atoms with Crippen molar-refractivity contribution in [2.45, 2.75) is 19.9 Å². The molecule has 0 bridgehead atoms. The Balaban J connectivity index is 1.67. The van der Waals surface area contributed by atoms with Crippen molar-refractivity contribution in [3.05, 3.63) is 95.3 Å². The van der Waals surface area contributed by atoms with Crippen LogP contribution in [0.15, 0.2) is 77.0 Å². The highest BCUT2D eigenvalue weighted by molar-refractivity contribution is 6.01. The number of phenolic OH excluding ortho intramolecular Hbond substituents is 1. The molecule has 2 N–H and O–H groups in total. The van der Waals surface area contributed by atoms with Crippen LogP contribution in [0.5, 0.6) is 11.5 Å². The van der Waals surface area contributed by atoms with Gasteiger partial charge in [-0.05, 0) is 55.3 Å². The van der Waals surface area contributed by atoms with E-state index in [0.717, 1.165) is 5.56 Å². The molecule has 0 saturated heterocycles. The third-order valence-corrected chi connectivity index (χ3v) is 6.11. The minimum Gasteiger partial charge on any atom is -0.504 e. The minimum absolute atomic E-state index is 0.0756. The number of anilines is 1. The SMILES string of the molecule is COc1ccc(C2NC(=O)N(c3ccc(F)c(C)c3)C(C)=C2c2nc(-c3ccccc3)no2)cc1O. The number of aryl methyl sites for hydroxylation is 1. The number of methoxy groups -OCH3 is 1. The number of halogens is 1. The van der Waals surface area contributed by atoms with E-state index < -0.39 is 12.1 Å². The number of aromatic nitrogens is 2. The molecule has 182 valence electrons. The average molecular weight is 487 g/mol. The van der Waals surface area contributed by atoms with Crippen LogP contribution in [0.1, 0.15) is 30.0 Å². The van der Waals surface area contributed by atoms with Gasteiger partial charge >= 0.3 is 6.03 Å². The van der Waals surface area contributed by atoms with E-state index in [-0.39, 0.29) is 17.5 Å². The van der Waals surface area contributed by atoms with Crippen LogP contribution in [0, 0.1) is 12.7 Å². The van der Waals surface area contributed by atoms with Crippen LogP contribution in [-0.4, -0.2) is 28.4 Å². The molecule has 0 radical (unpaired) electrons. The molecule has 36 heavy (non-hydrogen) atoms. The summed E-state index contributed by atoms with van der Waals surface area (Å²) in [5, 5.41) is 17.5. The van der Waals surface area contributed by atoms with Gasteiger partial charge in [-0.1, -0.05) is 41.6 Å². The highest BCUT2D eigenvalue weighted by Gasteiger charge is 2.37. The van der Waals surface area contributed by atoms with Gasteiger partial charge in [-0.25, -0.2) is 9.18 Å². The van der Waals surface area contributed by atoms with Gasteiger partial charge in [0.15, 0.2) is 11.5 Å². The highest BCUT2D eigenvalue weighted by atomic mass is 19.1. The van der Waals surface area contributed by atoms with Crippen LogP contribution in [0.4, 0.5) is 14.9 Å². The average Bonchev–Trinajstić information content (AvgIpc) is 3.36. The molecule has 1 aliphatic heterocycles. The molecule has 1 aliphatic rings. The lowest BCUT2D eigenvalue weighted by Crippen LogP contribution is -2.46. The van der Waals surface area contributed by atoms with Crippen LogP contribution >= 0.6 is 0 Å². The number of aromatic hydroxyl groups is 1. The fourth-order valence-electron chi connectivity index (χ4n) is 4.27. The van der Waals surface area contributed by atoms with E-state index >= 15 is 0 Å². The number of carbonyl (C=O) groups excluding carboxylic acids is 1. The number of carbonyl (C=O) groups is 1. The van der Waals surface area contributed by atoms with Crippen molar-refractivity contribution in [3.63, 3.8) is 0 Å². The van der Waals surface area contributed by atoms with Crippen LogP contribution in [0.3, 0.4) is 0 Å². The van der Waals surface area contributed by atoms with Crippen LogP contribution < -0.4 is 15.0 Å². The lowest BCUT2D eigenvalue weighted by atomic mass is 9.94. The van der Waals surface area contributed by atoms with Gasteiger partial charge < -0.3 is 19.7 Å². The first-order chi connectivity index (χ1) is 17.4. The van der Waals surface area contributed by atoms with Gasteiger partial charge in [-0.2, -0.15) is 4.98 Å². The Morgan fingerprint density at radius 3 is 2.56 bits per heavy atom. The standard InChI is InChI=1S/C27H23FN4O4/c1-15-13-19(10-11-20(15)28)32-16(2)23(26-30-25(31-36-26)17-7-5-4-6-8-17)24(29-27(32)34)18-9-12-22(35-3)21(33)14-18/h4-14,24,33H,1-3H3,(H,29,34). The lowest BCUT2D eigenvalue weighted by Gasteiger charge is -2.35. The molecule has 0 fully saturated rings. The Morgan fingerprint density at radius 2 is 1.86 bits per heavy atom. The first-order valence-electron chi connectivity index (χ1n) is 11.2. The second kappa shape index (κ2) is 9.18. The zero-order chi connectivity index (χ0) is 25.4. The third kappa shape index (κ3) is 4.04. The fraction of sp³-hybridized carbons (Fsp3) is 0.148. The summed E-state index contributed by atoms with van der Waals surface area (Å²) in [5.74, 6) is 0.455. The van der Waals surface area contributed by atoms with Gasteiger partial charge in [-0.15, -0.1) is 0 Å². The number of ether oxygens (including phenoxy) is 1. The maximum atomic E-state index is 14.0. The largest absolute Gasteiger partial charge is 0.504 e. The van der Waals surface area contributed by atoms with Crippen molar-refractivity contribution in [2.75, 3.05) is 12.0 Å². The number of rotatable bonds is 5. The summed E-state index contributed by atoms with van der Waals surface area (Å²) in [7, 11) is 1.46. The number of amides is 2. The zero-order valence-corrected chi connectivity index (χ0v) is 19.8. The Bertz CT molecular complexity index is 1480. The quantitative estimate of drug-likeness (QED) is 0.381. The molecule has 9 heteroatoms. The monoisotopic (exact) mass is 486 g/mol. The first-order valence-corrected chi connectivity index (χ1v) is 11.2. The zero-order valence-electron chi connectivity index (χ0n) is 19.8. The smallest absolute Gasteiger partial charge is 0.326 e. The van der Waals surface area contributed by atoms with E-state index in [9.17, 15) is 14.3 Å². The lowest BCUT2D eigenvalue weighted by molar-refractivity contribution is 0.244. The summed E-state index contributed by atoms with van der Waals surface area (Å²) in [4.78, 5) is 19.4. The predicted octanol–water partition coefficient (Wildman–Crippen LogP) is 5.60. The Kier molecular flexibility index (Phi) is 5.89. The molecule has 0 spiro atoms. The molecular formula is C27H23FN4O4. The molecule has 0 saturated carbocycles. The number of hydrogen-bond donors (Lipinski definition) is 2. The molecule has 1 unspecified atom stereocenters. The van der Waals surface area contributed by atoms with Gasteiger partial charge in [0.25, 0.3) is 5.89 Å². The molecule has 2 heterocycles. The highest BCUT2D eigenvalue weighted by Crippen LogP contribution is 2.41. The second-order valence-corrected chi connectivity index (χ2v) is 8.37. The summed E-state index contributed by atoms with van der Waals surface area (Å²) >= 11 is 0. The van der Waals surface area contributed by atoms with Crippen molar-refractivity contribution in [1.82, 2.24) is 15.5 Å². The Hall–Kier alpha value is -4.66. The minimum atomic E-state index is -0.712. The van der Waals surface area contributed by atoms with Crippen molar-refractivity contribution in [2.24, 2.45) is 0 Å². The van der Waals surface area contributed by atoms with Crippen LogP contribution in [-0.2, 0) is 0 Å². The number of hydrogen-bond acceptors (Lipinski definition) is 6.